The van der Waals surface area contributed by atoms with E-state index in [0.717, 1.165) is 12.0 Å². The molecule has 0 saturated heterocycles. The molecule has 0 saturated carbocycles. The molecule has 1 atom stereocenters. The number of nitrogens with one attached hydrogen (secondary N) is 2. The average Bonchev–Trinajstić information content (AvgIpc) is 2.99. The number of amides is 4. The zero-order valence-corrected chi connectivity index (χ0v) is 15.9. The van der Waals surface area contributed by atoms with Crippen LogP contribution in [0, 0.1) is 0 Å². The molecule has 8 nitrogen and oxygen atoms in total. The van der Waals surface area contributed by atoms with E-state index >= 15 is 0 Å². The number of hydrogen-bond donors (Lipinski definition) is 3. The lowest BCUT2D eigenvalue weighted by Gasteiger charge is -2.13. The minimum atomic E-state index is -0.577. The smallest absolute Gasteiger partial charge is 0.253 e. The van der Waals surface area contributed by atoms with Crippen molar-refractivity contribution in [3.05, 3.63) is 42.0 Å². The van der Waals surface area contributed by atoms with Gasteiger partial charge in [0.15, 0.2) is 0 Å². The van der Waals surface area contributed by atoms with E-state index in [1.54, 1.807) is 19.1 Å². The Morgan fingerprint density at radius 3 is 2.29 bits per heavy atom. The summed E-state index contributed by atoms with van der Waals surface area (Å²) in [5.74, 6) is -0.850. The van der Waals surface area contributed by atoms with E-state index in [1.165, 1.54) is 17.1 Å². The molecule has 1 aromatic rings. The van der Waals surface area contributed by atoms with Crippen molar-refractivity contribution in [1.82, 2.24) is 10.2 Å². The number of carbonyl (C=O) groups excluding carboxylic acids is 4. The normalized spacial score (nSPS) is 14.3. The van der Waals surface area contributed by atoms with Crippen LogP contribution in [0.25, 0.3) is 0 Å². The fourth-order valence-electron chi connectivity index (χ4n) is 2.63. The largest absolute Gasteiger partial charge is 0.352 e. The van der Waals surface area contributed by atoms with Crippen molar-refractivity contribution in [2.45, 2.75) is 45.2 Å². The van der Waals surface area contributed by atoms with Crippen LogP contribution in [0.3, 0.4) is 0 Å². The first-order valence-electron chi connectivity index (χ1n) is 9.32. The van der Waals surface area contributed by atoms with Crippen molar-refractivity contribution < 1.29 is 19.2 Å². The van der Waals surface area contributed by atoms with Gasteiger partial charge in [0.05, 0.1) is 6.04 Å². The van der Waals surface area contributed by atoms with Crippen molar-refractivity contribution in [2.75, 3.05) is 11.9 Å². The lowest BCUT2D eigenvalue weighted by Crippen LogP contribution is -2.32. The molecule has 1 aliphatic rings. The molecule has 0 fully saturated rings. The van der Waals surface area contributed by atoms with E-state index in [0.29, 0.717) is 38.0 Å². The summed E-state index contributed by atoms with van der Waals surface area (Å²) in [6.07, 6.45) is 5.07. The lowest BCUT2D eigenvalue weighted by atomic mass is 10.1. The van der Waals surface area contributed by atoms with E-state index < -0.39 is 6.04 Å². The van der Waals surface area contributed by atoms with Gasteiger partial charge >= 0.3 is 0 Å². The van der Waals surface area contributed by atoms with Crippen LogP contribution in [0.5, 0.6) is 0 Å². The van der Waals surface area contributed by atoms with Crippen LogP contribution in [-0.4, -0.2) is 41.1 Å². The molecule has 0 bridgehead atoms. The fraction of sp³-hybridized carbons (Fsp3) is 0.400. The number of nitrogens with zero attached hydrogens (tertiary/aromatic N) is 1. The molecular formula is C20H26N4O4. The van der Waals surface area contributed by atoms with E-state index in [1.807, 2.05) is 12.1 Å². The summed E-state index contributed by atoms with van der Waals surface area (Å²) in [5.41, 5.74) is 7.08. The van der Waals surface area contributed by atoms with Gasteiger partial charge in [-0.25, -0.2) is 0 Å². The number of unbranched alkanes of at least 4 members (excludes halogenated alkanes) is 2. The molecule has 8 heteroatoms. The van der Waals surface area contributed by atoms with E-state index in [9.17, 15) is 19.2 Å². The minimum absolute atomic E-state index is 0.0515. The topological polar surface area (TPSA) is 122 Å². The molecule has 0 radical (unpaired) electrons. The summed E-state index contributed by atoms with van der Waals surface area (Å²) in [7, 11) is 0. The molecule has 1 aromatic carbocycles. The van der Waals surface area contributed by atoms with Crippen LogP contribution >= 0.6 is 0 Å². The summed E-state index contributed by atoms with van der Waals surface area (Å²) in [6.45, 7) is 2.41. The summed E-state index contributed by atoms with van der Waals surface area (Å²) < 4.78 is 0. The van der Waals surface area contributed by atoms with Crippen molar-refractivity contribution in [2.24, 2.45) is 5.73 Å². The molecule has 28 heavy (non-hydrogen) atoms. The predicted molar refractivity (Wildman–Crippen MR) is 105 cm³/mol. The van der Waals surface area contributed by atoms with Crippen LogP contribution in [0.4, 0.5) is 5.69 Å². The van der Waals surface area contributed by atoms with Gasteiger partial charge in [0.2, 0.25) is 11.8 Å². The molecule has 2 rings (SSSR count). The monoisotopic (exact) mass is 386 g/mol. The first kappa shape index (κ1) is 21.3. The maximum atomic E-state index is 11.9. The Morgan fingerprint density at radius 1 is 1.04 bits per heavy atom. The Kier molecular flexibility index (Phi) is 7.88. The summed E-state index contributed by atoms with van der Waals surface area (Å²) in [5, 5.41) is 5.55. The van der Waals surface area contributed by atoms with Gasteiger partial charge in [-0.2, -0.15) is 0 Å². The third-order valence-electron chi connectivity index (χ3n) is 4.31. The van der Waals surface area contributed by atoms with Crippen LogP contribution in [0.2, 0.25) is 0 Å². The van der Waals surface area contributed by atoms with Gasteiger partial charge in [-0.15, -0.1) is 0 Å². The number of hydrogen-bond acceptors (Lipinski definition) is 5. The number of benzene rings is 1. The van der Waals surface area contributed by atoms with E-state index in [2.05, 4.69) is 10.6 Å². The first-order chi connectivity index (χ1) is 13.4. The maximum Gasteiger partial charge on any atom is 0.253 e. The Labute approximate surface area is 164 Å². The van der Waals surface area contributed by atoms with Crippen molar-refractivity contribution in [3.63, 3.8) is 0 Å². The van der Waals surface area contributed by atoms with Gasteiger partial charge in [0.1, 0.15) is 0 Å². The van der Waals surface area contributed by atoms with Gasteiger partial charge in [0.25, 0.3) is 11.8 Å². The number of imide groups is 1. The number of carbonyl (C=O) groups is 4. The van der Waals surface area contributed by atoms with Gasteiger partial charge in [-0.1, -0.05) is 18.6 Å². The zero-order chi connectivity index (χ0) is 20.5. The predicted octanol–water partition coefficient (Wildman–Crippen LogP) is 1.07. The van der Waals surface area contributed by atoms with E-state index in [-0.39, 0.29) is 23.6 Å². The Bertz CT molecular complexity index is 738. The molecule has 0 aliphatic carbocycles. The second-order valence-electron chi connectivity index (χ2n) is 6.72. The van der Waals surface area contributed by atoms with Crippen LogP contribution in [0.1, 0.15) is 38.2 Å². The minimum Gasteiger partial charge on any atom is -0.352 e. The maximum absolute atomic E-state index is 11.9. The standard InChI is InChI=1S/C20H26N4O4/c1-14(21)20(28)23-16-8-6-15(7-9-16)13-22-17(25)5-3-2-4-12-24-18(26)10-11-19(24)27/h6-11,14H,2-5,12-13,21H2,1H3,(H,22,25)(H,23,28)/t14-/m0/s1. The van der Waals surface area contributed by atoms with Gasteiger partial charge in [-0.05, 0) is 37.5 Å². The Balaban J connectivity index is 1.60. The van der Waals surface area contributed by atoms with Gasteiger partial charge in [-0.3, -0.25) is 24.1 Å². The first-order valence-corrected chi connectivity index (χ1v) is 9.32. The highest BCUT2D eigenvalue weighted by atomic mass is 16.2. The zero-order valence-electron chi connectivity index (χ0n) is 15.9. The van der Waals surface area contributed by atoms with Crippen molar-refractivity contribution in [3.8, 4) is 0 Å². The fourth-order valence-corrected chi connectivity index (χ4v) is 2.63. The van der Waals surface area contributed by atoms with Crippen LogP contribution < -0.4 is 16.4 Å². The molecule has 150 valence electrons. The third kappa shape index (κ3) is 6.62. The summed E-state index contributed by atoms with van der Waals surface area (Å²) in [6, 6.07) is 6.60. The second-order valence-corrected chi connectivity index (χ2v) is 6.72. The SMILES string of the molecule is C[C@H](N)C(=O)Nc1ccc(CNC(=O)CCCCCN2C(=O)C=CC2=O)cc1. The highest BCUT2D eigenvalue weighted by Gasteiger charge is 2.22. The number of nitrogens with two attached hydrogens (primary N) is 1. The Morgan fingerprint density at radius 2 is 1.68 bits per heavy atom. The summed E-state index contributed by atoms with van der Waals surface area (Å²) >= 11 is 0. The molecular weight excluding hydrogens is 360 g/mol. The Hall–Kier alpha value is -3.00. The molecule has 4 N–H and O–H groups in total. The van der Waals surface area contributed by atoms with Crippen LogP contribution in [-0.2, 0) is 25.7 Å². The molecule has 0 aromatic heterocycles. The molecule has 1 heterocycles. The number of rotatable bonds is 10. The molecule has 0 spiro atoms. The average molecular weight is 386 g/mol. The molecule has 0 unspecified atom stereocenters. The lowest BCUT2D eigenvalue weighted by molar-refractivity contribution is -0.137. The second kappa shape index (κ2) is 10.4. The number of anilines is 1. The highest BCUT2D eigenvalue weighted by molar-refractivity contribution is 6.12. The third-order valence-corrected chi connectivity index (χ3v) is 4.31. The molecule has 1 aliphatic heterocycles. The van der Waals surface area contributed by atoms with E-state index in [4.69, 9.17) is 5.73 Å². The van der Waals surface area contributed by atoms with Gasteiger partial charge in [0, 0.05) is 37.3 Å². The van der Waals surface area contributed by atoms with Gasteiger partial charge < -0.3 is 16.4 Å². The van der Waals surface area contributed by atoms with Crippen molar-refractivity contribution in [1.29, 1.82) is 0 Å². The van der Waals surface area contributed by atoms with Crippen LogP contribution in [0.15, 0.2) is 36.4 Å². The molecule has 4 amide bonds. The quantitative estimate of drug-likeness (QED) is 0.410. The summed E-state index contributed by atoms with van der Waals surface area (Å²) in [4.78, 5) is 47.5. The highest BCUT2D eigenvalue weighted by Crippen LogP contribution is 2.10. The van der Waals surface area contributed by atoms with Crippen molar-refractivity contribution >= 4 is 29.3 Å².